The number of amides is 1. The fourth-order valence-electron chi connectivity index (χ4n) is 3.15. The summed E-state index contributed by atoms with van der Waals surface area (Å²) in [6, 6.07) is 9.79. The molecule has 2 aromatic heterocycles. The highest BCUT2D eigenvalue weighted by atomic mass is 32.1. The van der Waals surface area contributed by atoms with E-state index in [1.54, 1.807) is 17.5 Å². The maximum absolute atomic E-state index is 12.8. The van der Waals surface area contributed by atoms with Gasteiger partial charge >= 0.3 is 0 Å². The minimum Gasteiger partial charge on any atom is -0.381 e. The van der Waals surface area contributed by atoms with Crippen LogP contribution in [0.4, 0.5) is 5.69 Å². The second kappa shape index (κ2) is 7.39. The van der Waals surface area contributed by atoms with E-state index in [4.69, 9.17) is 4.74 Å². The Morgan fingerprint density at radius 1 is 1.27 bits per heavy atom. The highest BCUT2D eigenvalue weighted by Crippen LogP contribution is 2.25. The SMILES string of the molecule is Cc1cc(C(=O)Nc2ccc(-c3nccs3)cc2)n(C2CCOCC2)n1. The summed E-state index contributed by atoms with van der Waals surface area (Å²) in [5.74, 6) is -0.140. The lowest BCUT2D eigenvalue weighted by Gasteiger charge is -2.24. The van der Waals surface area contributed by atoms with E-state index in [1.807, 2.05) is 47.3 Å². The third kappa shape index (κ3) is 3.54. The van der Waals surface area contributed by atoms with E-state index >= 15 is 0 Å². The van der Waals surface area contributed by atoms with E-state index in [0.29, 0.717) is 18.9 Å². The molecule has 26 heavy (non-hydrogen) atoms. The van der Waals surface area contributed by atoms with Gasteiger partial charge in [0.2, 0.25) is 0 Å². The van der Waals surface area contributed by atoms with E-state index in [9.17, 15) is 4.79 Å². The first-order valence-corrected chi connectivity index (χ1v) is 9.54. The number of anilines is 1. The predicted molar refractivity (Wildman–Crippen MR) is 102 cm³/mol. The molecule has 0 radical (unpaired) electrons. The molecule has 1 aliphatic heterocycles. The minimum absolute atomic E-state index is 0.140. The molecular formula is C19H20N4O2S. The number of hydrogen-bond donors (Lipinski definition) is 1. The third-order valence-electron chi connectivity index (χ3n) is 4.45. The standard InChI is InChI=1S/C19H20N4O2S/c1-13-12-17(23(22-13)16-6-9-25-10-7-16)18(24)21-15-4-2-14(3-5-15)19-20-8-11-26-19/h2-5,8,11-12,16H,6-7,9-10H2,1H3,(H,21,24). The van der Waals surface area contributed by atoms with Gasteiger partial charge in [0.25, 0.3) is 5.91 Å². The van der Waals surface area contributed by atoms with Crippen molar-refractivity contribution < 1.29 is 9.53 Å². The number of benzene rings is 1. The molecule has 1 aliphatic rings. The number of aryl methyl sites for hydroxylation is 1. The van der Waals surface area contributed by atoms with Gasteiger partial charge < -0.3 is 10.1 Å². The highest BCUT2D eigenvalue weighted by molar-refractivity contribution is 7.13. The van der Waals surface area contributed by atoms with Crippen molar-refractivity contribution in [2.75, 3.05) is 18.5 Å². The van der Waals surface area contributed by atoms with Gasteiger partial charge in [-0.1, -0.05) is 0 Å². The first kappa shape index (κ1) is 16.9. The zero-order valence-electron chi connectivity index (χ0n) is 14.5. The predicted octanol–water partition coefficient (Wildman–Crippen LogP) is 3.92. The summed E-state index contributed by atoms with van der Waals surface area (Å²) in [7, 11) is 0. The molecule has 7 heteroatoms. The molecule has 3 aromatic rings. The Morgan fingerprint density at radius 2 is 2.04 bits per heavy atom. The second-order valence-corrected chi connectivity index (χ2v) is 7.22. The molecule has 1 N–H and O–H groups in total. The number of carbonyl (C=O) groups is 1. The smallest absolute Gasteiger partial charge is 0.273 e. The molecule has 0 atom stereocenters. The Labute approximate surface area is 155 Å². The summed E-state index contributed by atoms with van der Waals surface area (Å²) in [5.41, 5.74) is 3.24. The van der Waals surface area contributed by atoms with Crippen LogP contribution in [0.1, 0.15) is 35.1 Å². The number of hydrogen-bond acceptors (Lipinski definition) is 5. The Morgan fingerprint density at radius 3 is 2.73 bits per heavy atom. The van der Waals surface area contributed by atoms with Gasteiger partial charge in [0.1, 0.15) is 10.7 Å². The van der Waals surface area contributed by atoms with E-state index in [2.05, 4.69) is 15.4 Å². The molecule has 3 heterocycles. The highest BCUT2D eigenvalue weighted by Gasteiger charge is 2.23. The van der Waals surface area contributed by atoms with Crippen LogP contribution in [0.15, 0.2) is 41.9 Å². The van der Waals surface area contributed by atoms with Crippen LogP contribution in [-0.2, 0) is 4.74 Å². The number of aromatic nitrogens is 3. The average molecular weight is 368 g/mol. The zero-order chi connectivity index (χ0) is 17.9. The maximum atomic E-state index is 12.8. The Kier molecular flexibility index (Phi) is 4.81. The lowest BCUT2D eigenvalue weighted by Crippen LogP contribution is -2.25. The monoisotopic (exact) mass is 368 g/mol. The fraction of sp³-hybridized carbons (Fsp3) is 0.316. The van der Waals surface area contributed by atoms with Gasteiger partial charge in [-0.15, -0.1) is 11.3 Å². The average Bonchev–Trinajstić information content (AvgIpc) is 3.33. The zero-order valence-corrected chi connectivity index (χ0v) is 15.3. The van der Waals surface area contributed by atoms with Crippen molar-refractivity contribution >= 4 is 22.9 Å². The van der Waals surface area contributed by atoms with Crippen LogP contribution >= 0.6 is 11.3 Å². The van der Waals surface area contributed by atoms with E-state index < -0.39 is 0 Å². The van der Waals surface area contributed by atoms with E-state index in [1.165, 1.54) is 0 Å². The topological polar surface area (TPSA) is 69.0 Å². The van der Waals surface area contributed by atoms with Crippen molar-refractivity contribution in [3.05, 3.63) is 53.3 Å². The van der Waals surface area contributed by atoms with Gasteiger partial charge in [-0.2, -0.15) is 5.10 Å². The Hall–Kier alpha value is -2.51. The van der Waals surface area contributed by atoms with Gasteiger partial charge in [0.05, 0.1) is 11.7 Å². The molecule has 1 aromatic carbocycles. The summed E-state index contributed by atoms with van der Waals surface area (Å²) in [6.45, 7) is 3.33. The van der Waals surface area contributed by atoms with Crippen molar-refractivity contribution in [2.45, 2.75) is 25.8 Å². The molecule has 0 bridgehead atoms. The molecular weight excluding hydrogens is 348 g/mol. The fourth-order valence-corrected chi connectivity index (χ4v) is 3.80. The summed E-state index contributed by atoms with van der Waals surface area (Å²) in [5, 5.41) is 10.4. The van der Waals surface area contributed by atoms with Crippen LogP contribution in [0.25, 0.3) is 10.6 Å². The number of nitrogens with one attached hydrogen (secondary N) is 1. The molecule has 0 saturated carbocycles. The largest absolute Gasteiger partial charge is 0.381 e. The van der Waals surface area contributed by atoms with Gasteiger partial charge in [-0.3, -0.25) is 9.48 Å². The van der Waals surface area contributed by atoms with Crippen molar-refractivity contribution in [2.24, 2.45) is 0 Å². The van der Waals surface area contributed by atoms with Gasteiger partial charge in [0, 0.05) is 36.0 Å². The maximum Gasteiger partial charge on any atom is 0.273 e. The first-order valence-electron chi connectivity index (χ1n) is 8.66. The minimum atomic E-state index is -0.140. The number of nitrogens with zero attached hydrogens (tertiary/aromatic N) is 3. The summed E-state index contributed by atoms with van der Waals surface area (Å²) in [6.07, 6.45) is 3.54. The summed E-state index contributed by atoms with van der Waals surface area (Å²) in [4.78, 5) is 17.1. The molecule has 4 rings (SSSR count). The van der Waals surface area contributed by atoms with Crippen molar-refractivity contribution in [3.63, 3.8) is 0 Å². The normalized spacial score (nSPS) is 15.1. The van der Waals surface area contributed by atoms with Crippen LogP contribution in [0.2, 0.25) is 0 Å². The van der Waals surface area contributed by atoms with Crippen LogP contribution in [-0.4, -0.2) is 33.9 Å². The van der Waals surface area contributed by atoms with Crippen LogP contribution in [0.5, 0.6) is 0 Å². The lowest BCUT2D eigenvalue weighted by molar-refractivity contribution is 0.0646. The molecule has 1 amide bonds. The molecule has 0 spiro atoms. The quantitative estimate of drug-likeness (QED) is 0.758. The molecule has 0 unspecified atom stereocenters. The first-order chi connectivity index (χ1) is 12.7. The number of ether oxygens (including phenoxy) is 1. The van der Waals surface area contributed by atoms with E-state index in [0.717, 1.165) is 34.8 Å². The summed E-state index contributed by atoms with van der Waals surface area (Å²) >= 11 is 1.59. The second-order valence-electron chi connectivity index (χ2n) is 6.33. The molecule has 6 nitrogen and oxygen atoms in total. The van der Waals surface area contributed by atoms with Gasteiger partial charge in [0.15, 0.2) is 0 Å². The van der Waals surface area contributed by atoms with E-state index in [-0.39, 0.29) is 11.9 Å². The Bertz CT molecular complexity index is 881. The molecule has 1 saturated heterocycles. The van der Waals surface area contributed by atoms with Crippen molar-refractivity contribution in [1.82, 2.24) is 14.8 Å². The summed E-state index contributed by atoms with van der Waals surface area (Å²) < 4.78 is 7.28. The van der Waals surface area contributed by atoms with Gasteiger partial charge in [-0.25, -0.2) is 4.98 Å². The third-order valence-corrected chi connectivity index (χ3v) is 5.27. The molecule has 1 fully saturated rings. The number of rotatable bonds is 4. The Balaban J connectivity index is 1.51. The number of carbonyl (C=O) groups excluding carboxylic acids is 1. The van der Waals surface area contributed by atoms with Crippen LogP contribution < -0.4 is 5.32 Å². The van der Waals surface area contributed by atoms with Crippen molar-refractivity contribution in [1.29, 1.82) is 0 Å². The van der Waals surface area contributed by atoms with Crippen LogP contribution in [0.3, 0.4) is 0 Å². The van der Waals surface area contributed by atoms with Gasteiger partial charge in [-0.05, 0) is 50.1 Å². The lowest BCUT2D eigenvalue weighted by atomic mass is 10.1. The van der Waals surface area contributed by atoms with Crippen molar-refractivity contribution in [3.8, 4) is 10.6 Å². The molecule has 134 valence electrons. The molecule has 0 aliphatic carbocycles. The number of thiazole rings is 1. The van der Waals surface area contributed by atoms with Crippen LogP contribution in [0, 0.1) is 6.92 Å².